The fourth-order valence-electron chi connectivity index (χ4n) is 2.95. The van der Waals surface area contributed by atoms with Crippen LogP contribution in [0.3, 0.4) is 0 Å². The SMILES string of the molecule is CC1CC(=S)C2(C(C)C)CC12. The summed E-state index contributed by atoms with van der Waals surface area (Å²) in [6.45, 7) is 7.00. The normalized spacial score (nSPS) is 48.2. The van der Waals surface area contributed by atoms with E-state index in [0.29, 0.717) is 5.41 Å². The van der Waals surface area contributed by atoms with E-state index in [4.69, 9.17) is 12.2 Å². The predicted molar refractivity (Wildman–Crippen MR) is 51.8 cm³/mol. The molecule has 62 valence electrons. The van der Waals surface area contributed by atoms with E-state index in [2.05, 4.69) is 20.8 Å². The van der Waals surface area contributed by atoms with E-state index in [-0.39, 0.29) is 0 Å². The zero-order valence-corrected chi connectivity index (χ0v) is 8.37. The third-order valence-electron chi connectivity index (χ3n) is 3.80. The van der Waals surface area contributed by atoms with Crippen molar-refractivity contribution in [2.24, 2.45) is 23.2 Å². The second-order valence-electron chi connectivity index (χ2n) is 4.61. The first kappa shape index (κ1) is 7.72. The molecule has 0 aromatic rings. The Labute approximate surface area is 74.4 Å². The predicted octanol–water partition coefficient (Wildman–Crippen LogP) is 3.06. The molecule has 0 N–H and O–H groups in total. The molecule has 0 aliphatic heterocycles. The van der Waals surface area contributed by atoms with Gasteiger partial charge in [0.1, 0.15) is 0 Å². The van der Waals surface area contributed by atoms with Crippen LogP contribution in [0, 0.1) is 23.2 Å². The lowest BCUT2D eigenvalue weighted by Gasteiger charge is -2.16. The molecular weight excluding hydrogens is 152 g/mol. The third kappa shape index (κ3) is 0.780. The molecule has 0 amide bonds. The molecule has 0 spiro atoms. The molecule has 1 heteroatoms. The van der Waals surface area contributed by atoms with Gasteiger partial charge in [-0.05, 0) is 35.5 Å². The van der Waals surface area contributed by atoms with E-state index in [9.17, 15) is 0 Å². The first-order valence-corrected chi connectivity index (χ1v) is 5.03. The molecule has 0 nitrogen and oxygen atoms in total. The van der Waals surface area contributed by atoms with Gasteiger partial charge in [-0.3, -0.25) is 0 Å². The molecule has 0 saturated heterocycles. The van der Waals surface area contributed by atoms with Crippen molar-refractivity contribution in [2.45, 2.75) is 33.6 Å². The van der Waals surface area contributed by atoms with Gasteiger partial charge >= 0.3 is 0 Å². The van der Waals surface area contributed by atoms with Crippen molar-refractivity contribution in [3.8, 4) is 0 Å². The minimum atomic E-state index is 0.523. The van der Waals surface area contributed by atoms with E-state index in [1.165, 1.54) is 17.7 Å². The molecule has 0 radical (unpaired) electrons. The number of hydrogen-bond acceptors (Lipinski definition) is 1. The van der Waals surface area contributed by atoms with Crippen LogP contribution in [0.15, 0.2) is 0 Å². The summed E-state index contributed by atoms with van der Waals surface area (Å²) in [5, 5.41) is 0. The van der Waals surface area contributed by atoms with Crippen LogP contribution in [0.4, 0.5) is 0 Å². The highest BCUT2D eigenvalue weighted by molar-refractivity contribution is 7.80. The first-order valence-electron chi connectivity index (χ1n) is 4.62. The van der Waals surface area contributed by atoms with Gasteiger partial charge in [0.05, 0.1) is 0 Å². The highest BCUT2D eigenvalue weighted by Gasteiger charge is 2.64. The fraction of sp³-hybridized carbons (Fsp3) is 0.900. The number of rotatable bonds is 1. The first-order chi connectivity index (χ1) is 5.09. The van der Waals surface area contributed by atoms with Crippen LogP contribution in [-0.4, -0.2) is 4.86 Å². The summed E-state index contributed by atoms with van der Waals surface area (Å²) in [4.78, 5) is 1.38. The van der Waals surface area contributed by atoms with Crippen molar-refractivity contribution in [3.63, 3.8) is 0 Å². The van der Waals surface area contributed by atoms with Crippen LogP contribution in [-0.2, 0) is 0 Å². The summed E-state index contributed by atoms with van der Waals surface area (Å²) in [5.74, 6) is 2.62. The fourth-order valence-corrected chi connectivity index (χ4v) is 3.68. The van der Waals surface area contributed by atoms with Gasteiger partial charge in [-0.15, -0.1) is 0 Å². The molecule has 11 heavy (non-hydrogen) atoms. The van der Waals surface area contributed by atoms with Crippen molar-refractivity contribution >= 4 is 17.1 Å². The maximum atomic E-state index is 5.45. The van der Waals surface area contributed by atoms with Crippen molar-refractivity contribution < 1.29 is 0 Å². The smallest absolute Gasteiger partial charge is 0.00739 e. The van der Waals surface area contributed by atoms with E-state index < -0.39 is 0 Å². The van der Waals surface area contributed by atoms with Gasteiger partial charge in [0.2, 0.25) is 0 Å². The van der Waals surface area contributed by atoms with E-state index in [1.54, 1.807) is 0 Å². The Balaban J connectivity index is 2.26. The Bertz CT molecular complexity index is 207. The Morgan fingerprint density at radius 2 is 2.18 bits per heavy atom. The molecule has 0 aromatic heterocycles. The molecule has 2 rings (SSSR count). The lowest BCUT2D eigenvalue weighted by molar-refractivity contribution is 0.426. The van der Waals surface area contributed by atoms with Gasteiger partial charge in [-0.25, -0.2) is 0 Å². The highest BCUT2D eigenvalue weighted by Crippen LogP contribution is 2.67. The largest absolute Gasteiger partial charge is 0.0890 e. The average molecular weight is 168 g/mol. The lowest BCUT2D eigenvalue weighted by atomic mass is 9.90. The molecule has 0 bridgehead atoms. The van der Waals surface area contributed by atoms with Gasteiger partial charge in [0.15, 0.2) is 0 Å². The van der Waals surface area contributed by atoms with Gasteiger partial charge in [0, 0.05) is 5.41 Å². The van der Waals surface area contributed by atoms with E-state index >= 15 is 0 Å². The van der Waals surface area contributed by atoms with Crippen LogP contribution in [0.1, 0.15) is 33.6 Å². The molecular formula is C10H16S. The van der Waals surface area contributed by atoms with Crippen molar-refractivity contribution in [3.05, 3.63) is 0 Å². The summed E-state index contributed by atoms with van der Waals surface area (Å²) in [6.07, 6.45) is 2.61. The second kappa shape index (κ2) is 2.07. The molecule has 2 saturated carbocycles. The third-order valence-corrected chi connectivity index (χ3v) is 4.35. The lowest BCUT2D eigenvalue weighted by Crippen LogP contribution is -2.17. The Kier molecular flexibility index (Phi) is 1.45. The van der Waals surface area contributed by atoms with Crippen molar-refractivity contribution in [1.82, 2.24) is 0 Å². The molecule has 2 fully saturated rings. The molecule has 3 atom stereocenters. The quantitative estimate of drug-likeness (QED) is 0.542. The maximum absolute atomic E-state index is 5.45. The molecule has 3 unspecified atom stereocenters. The Morgan fingerprint density at radius 3 is 2.36 bits per heavy atom. The van der Waals surface area contributed by atoms with Gasteiger partial charge in [-0.2, -0.15) is 0 Å². The van der Waals surface area contributed by atoms with E-state index in [0.717, 1.165) is 17.8 Å². The zero-order chi connectivity index (χ0) is 8.22. The van der Waals surface area contributed by atoms with Gasteiger partial charge in [-0.1, -0.05) is 33.0 Å². The summed E-state index contributed by atoms with van der Waals surface area (Å²) in [7, 11) is 0. The van der Waals surface area contributed by atoms with Crippen LogP contribution < -0.4 is 0 Å². The molecule has 0 aromatic carbocycles. The monoisotopic (exact) mass is 168 g/mol. The molecule has 2 aliphatic carbocycles. The summed E-state index contributed by atoms with van der Waals surface area (Å²) in [6, 6.07) is 0. The number of thiocarbonyl (C=S) groups is 1. The highest BCUT2D eigenvalue weighted by atomic mass is 32.1. The van der Waals surface area contributed by atoms with Crippen LogP contribution in [0.5, 0.6) is 0 Å². The maximum Gasteiger partial charge on any atom is 0.00739 e. The summed E-state index contributed by atoms with van der Waals surface area (Å²) in [5.41, 5.74) is 0.523. The van der Waals surface area contributed by atoms with Gasteiger partial charge in [0.25, 0.3) is 0 Å². The standard InChI is InChI=1S/C10H16S/c1-6(2)10-5-8(10)7(3)4-9(10)11/h6-8H,4-5H2,1-3H3. The van der Waals surface area contributed by atoms with Crippen molar-refractivity contribution in [1.29, 1.82) is 0 Å². The minimum Gasteiger partial charge on any atom is -0.0890 e. The average Bonchev–Trinajstić information content (AvgIpc) is 2.56. The summed E-state index contributed by atoms with van der Waals surface area (Å²) < 4.78 is 0. The summed E-state index contributed by atoms with van der Waals surface area (Å²) >= 11 is 5.45. The topological polar surface area (TPSA) is 0 Å². The number of hydrogen-bond donors (Lipinski definition) is 0. The molecule has 0 heterocycles. The second-order valence-corrected chi connectivity index (χ2v) is 5.10. The zero-order valence-electron chi connectivity index (χ0n) is 7.55. The van der Waals surface area contributed by atoms with E-state index in [1.807, 2.05) is 0 Å². The van der Waals surface area contributed by atoms with Gasteiger partial charge < -0.3 is 0 Å². The van der Waals surface area contributed by atoms with Crippen LogP contribution in [0.25, 0.3) is 0 Å². The van der Waals surface area contributed by atoms with Crippen LogP contribution >= 0.6 is 12.2 Å². The van der Waals surface area contributed by atoms with Crippen molar-refractivity contribution in [2.75, 3.05) is 0 Å². The number of fused-ring (bicyclic) bond motifs is 1. The Hall–Kier alpha value is 0.0900. The molecule has 2 aliphatic rings. The Morgan fingerprint density at radius 1 is 1.55 bits per heavy atom. The van der Waals surface area contributed by atoms with Crippen LogP contribution in [0.2, 0.25) is 0 Å². The minimum absolute atomic E-state index is 0.523.